The molecule has 1 aromatic heterocycles. The van der Waals surface area contributed by atoms with Gasteiger partial charge in [-0.3, -0.25) is 10.1 Å². The average molecular weight is 340 g/mol. The van der Waals surface area contributed by atoms with Gasteiger partial charge in [0.25, 0.3) is 0 Å². The first kappa shape index (κ1) is 14.2. The van der Waals surface area contributed by atoms with Crippen LogP contribution in [-0.4, -0.2) is 14.9 Å². The molecule has 0 aliphatic carbocycles. The zero-order valence-electron chi connectivity index (χ0n) is 10.3. The molecular formula is C11H10BrN5O3. The summed E-state index contributed by atoms with van der Waals surface area (Å²) in [6.07, 6.45) is 1.23. The van der Waals surface area contributed by atoms with Crippen LogP contribution in [0.25, 0.3) is 0 Å². The number of nitrogens with two attached hydrogens (primary N) is 1. The van der Waals surface area contributed by atoms with E-state index in [1.165, 1.54) is 12.4 Å². The molecule has 0 saturated carbocycles. The van der Waals surface area contributed by atoms with Crippen molar-refractivity contribution in [3.63, 3.8) is 0 Å². The van der Waals surface area contributed by atoms with Gasteiger partial charge in [-0.15, -0.1) is 0 Å². The Morgan fingerprint density at radius 3 is 2.85 bits per heavy atom. The van der Waals surface area contributed by atoms with E-state index in [-0.39, 0.29) is 17.3 Å². The van der Waals surface area contributed by atoms with E-state index >= 15 is 0 Å². The Bertz CT molecular complexity index is 665. The number of hydrogen-bond donors (Lipinski definition) is 2. The highest BCUT2D eigenvalue weighted by atomic mass is 79.9. The third kappa shape index (κ3) is 2.83. The van der Waals surface area contributed by atoms with Gasteiger partial charge in [0.2, 0.25) is 11.6 Å². The molecule has 0 atom stereocenters. The van der Waals surface area contributed by atoms with Crippen LogP contribution in [0.2, 0.25) is 0 Å². The van der Waals surface area contributed by atoms with Crippen LogP contribution in [0.5, 0.6) is 11.6 Å². The number of nitrogen functional groups attached to an aromatic ring is 1. The molecule has 0 radical (unpaired) electrons. The molecule has 2 rings (SSSR count). The third-order valence-corrected chi connectivity index (χ3v) is 3.13. The summed E-state index contributed by atoms with van der Waals surface area (Å²) in [5, 5.41) is 11.0. The van der Waals surface area contributed by atoms with E-state index in [9.17, 15) is 10.1 Å². The van der Waals surface area contributed by atoms with Gasteiger partial charge in [0, 0.05) is 6.07 Å². The lowest BCUT2D eigenvalue weighted by molar-refractivity contribution is -0.385. The van der Waals surface area contributed by atoms with Crippen molar-refractivity contribution in [2.75, 3.05) is 5.43 Å². The summed E-state index contributed by atoms with van der Waals surface area (Å²) in [5.74, 6) is 5.81. The number of halogens is 1. The minimum Gasteiger partial charge on any atom is -0.430 e. The highest BCUT2D eigenvalue weighted by Gasteiger charge is 2.18. The number of benzene rings is 1. The Kier molecular flexibility index (Phi) is 4.11. The fraction of sp³-hybridized carbons (Fsp3) is 0.0909. The van der Waals surface area contributed by atoms with Gasteiger partial charge in [-0.2, -0.15) is 0 Å². The molecular weight excluding hydrogens is 330 g/mol. The number of nitro groups is 1. The van der Waals surface area contributed by atoms with Gasteiger partial charge in [0.15, 0.2) is 5.82 Å². The molecule has 9 heteroatoms. The highest BCUT2D eigenvalue weighted by Crippen LogP contribution is 2.36. The Labute approximate surface area is 122 Å². The van der Waals surface area contributed by atoms with Crippen LogP contribution < -0.4 is 16.0 Å². The van der Waals surface area contributed by atoms with Gasteiger partial charge >= 0.3 is 5.69 Å². The Hall–Kier alpha value is -2.26. The predicted octanol–water partition coefficient (Wildman–Crippen LogP) is 2.53. The SMILES string of the molecule is Cc1ccc([N+](=O)[O-])c(Oc2ncnc(NN)c2Br)c1. The lowest BCUT2D eigenvalue weighted by Gasteiger charge is -2.09. The maximum absolute atomic E-state index is 11.0. The number of rotatable bonds is 4. The molecule has 0 aliphatic heterocycles. The number of hydrogen-bond acceptors (Lipinski definition) is 7. The van der Waals surface area contributed by atoms with Crippen LogP contribution in [0.15, 0.2) is 29.0 Å². The van der Waals surface area contributed by atoms with E-state index in [4.69, 9.17) is 10.6 Å². The van der Waals surface area contributed by atoms with Crippen molar-refractivity contribution in [1.82, 2.24) is 9.97 Å². The highest BCUT2D eigenvalue weighted by molar-refractivity contribution is 9.10. The summed E-state index contributed by atoms with van der Waals surface area (Å²) in [5.41, 5.74) is 3.04. The molecule has 1 aromatic carbocycles. The van der Waals surface area contributed by atoms with Crippen LogP contribution in [0.4, 0.5) is 11.5 Å². The first-order chi connectivity index (χ1) is 9.52. The second-order valence-corrected chi connectivity index (χ2v) is 4.61. The molecule has 0 fully saturated rings. The number of nitro benzene ring substituents is 1. The number of anilines is 1. The Morgan fingerprint density at radius 1 is 1.45 bits per heavy atom. The maximum atomic E-state index is 11.0. The van der Waals surface area contributed by atoms with Gasteiger partial charge < -0.3 is 10.2 Å². The fourth-order valence-electron chi connectivity index (χ4n) is 1.48. The largest absolute Gasteiger partial charge is 0.430 e. The standard InChI is InChI=1S/C11H10BrN5O3/c1-6-2-3-7(17(18)19)8(4-6)20-11-9(12)10(16-13)14-5-15-11/h2-5H,13H2,1H3,(H,14,15,16). The second kappa shape index (κ2) is 5.80. The van der Waals surface area contributed by atoms with Gasteiger partial charge in [0.05, 0.1) is 4.92 Å². The van der Waals surface area contributed by atoms with E-state index in [0.717, 1.165) is 5.56 Å². The quantitative estimate of drug-likeness (QED) is 0.499. The van der Waals surface area contributed by atoms with E-state index in [1.807, 2.05) is 0 Å². The zero-order valence-corrected chi connectivity index (χ0v) is 11.9. The van der Waals surface area contributed by atoms with Crippen molar-refractivity contribution in [2.45, 2.75) is 6.92 Å². The molecule has 20 heavy (non-hydrogen) atoms. The molecule has 0 amide bonds. The topological polar surface area (TPSA) is 116 Å². The molecule has 0 unspecified atom stereocenters. The summed E-state index contributed by atoms with van der Waals surface area (Å²) >= 11 is 3.22. The predicted molar refractivity (Wildman–Crippen MR) is 75.4 cm³/mol. The van der Waals surface area contributed by atoms with Gasteiger partial charge in [-0.25, -0.2) is 15.8 Å². The van der Waals surface area contributed by atoms with Crippen LogP contribution in [0.1, 0.15) is 5.56 Å². The molecule has 1 heterocycles. The molecule has 0 spiro atoms. The van der Waals surface area contributed by atoms with Crippen molar-refractivity contribution in [3.05, 3.63) is 44.7 Å². The minimum atomic E-state index is -0.522. The average Bonchev–Trinajstić information content (AvgIpc) is 2.41. The van der Waals surface area contributed by atoms with E-state index in [2.05, 4.69) is 31.3 Å². The third-order valence-electron chi connectivity index (χ3n) is 2.41. The lowest BCUT2D eigenvalue weighted by atomic mass is 10.2. The zero-order chi connectivity index (χ0) is 14.7. The van der Waals surface area contributed by atoms with Crippen molar-refractivity contribution in [3.8, 4) is 11.6 Å². The van der Waals surface area contributed by atoms with E-state index in [0.29, 0.717) is 10.3 Å². The fourth-order valence-corrected chi connectivity index (χ4v) is 1.88. The number of nitrogens with one attached hydrogen (secondary N) is 1. The van der Waals surface area contributed by atoms with Crippen molar-refractivity contribution in [1.29, 1.82) is 0 Å². The van der Waals surface area contributed by atoms with Crippen molar-refractivity contribution >= 4 is 27.4 Å². The molecule has 2 aromatic rings. The van der Waals surface area contributed by atoms with Crippen LogP contribution in [-0.2, 0) is 0 Å². The number of aromatic nitrogens is 2. The minimum absolute atomic E-state index is 0.0948. The first-order valence-corrected chi connectivity index (χ1v) is 6.22. The van der Waals surface area contributed by atoms with Gasteiger partial charge in [-0.1, -0.05) is 6.07 Å². The van der Waals surface area contributed by atoms with Crippen LogP contribution >= 0.6 is 15.9 Å². The van der Waals surface area contributed by atoms with Crippen LogP contribution in [0, 0.1) is 17.0 Å². The molecule has 0 saturated heterocycles. The Balaban J connectivity index is 2.44. The molecule has 104 valence electrons. The van der Waals surface area contributed by atoms with E-state index in [1.54, 1.807) is 19.1 Å². The van der Waals surface area contributed by atoms with Crippen molar-refractivity contribution in [2.24, 2.45) is 5.84 Å². The van der Waals surface area contributed by atoms with Gasteiger partial charge in [0.1, 0.15) is 10.8 Å². The summed E-state index contributed by atoms with van der Waals surface area (Å²) in [6.45, 7) is 1.80. The monoisotopic (exact) mass is 339 g/mol. The molecule has 8 nitrogen and oxygen atoms in total. The summed E-state index contributed by atoms with van der Waals surface area (Å²) in [7, 11) is 0. The molecule has 0 bridgehead atoms. The number of hydrazine groups is 1. The Morgan fingerprint density at radius 2 is 2.20 bits per heavy atom. The van der Waals surface area contributed by atoms with Crippen LogP contribution in [0.3, 0.4) is 0 Å². The summed E-state index contributed by atoms with van der Waals surface area (Å²) in [4.78, 5) is 18.2. The van der Waals surface area contributed by atoms with Gasteiger partial charge in [-0.05, 0) is 34.5 Å². The lowest BCUT2D eigenvalue weighted by Crippen LogP contribution is -2.10. The number of ether oxygens (including phenoxy) is 1. The summed E-state index contributed by atoms with van der Waals surface area (Å²) in [6, 6.07) is 4.57. The molecule has 3 N–H and O–H groups in total. The second-order valence-electron chi connectivity index (χ2n) is 3.82. The summed E-state index contributed by atoms with van der Waals surface area (Å²) < 4.78 is 5.86. The number of aryl methyl sites for hydroxylation is 1. The first-order valence-electron chi connectivity index (χ1n) is 5.43. The van der Waals surface area contributed by atoms with E-state index < -0.39 is 4.92 Å². The normalized spacial score (nSPS) is 10.2. The number of nitrogens with zero attached hydrogens (tertiary/aromatic N) is 3. The smallest absolute Gasteiger partial charge is 0.311 e. The molecule has 0 aliphatic rings. The maximum Gasteiger partial charge on any atom is 0.311 e. The van der Waals surface area contributed by atoms with Crippen molar-refractivity contribution < 1.29 is 9.66 Å².